The maximum atomic E-state index is 8.54. The van der Waals surface area contributed by atoms with Crippen molar-refractivity contribution in [1.29, 1.82) is 0 Å². The molecule has 0 saturated heterocycles. The van der Waals surface area contributed by atoms with Crippen LogP contribution in [-0.2, 0) is 79.8 Å². The number of thiazole rings is 4. The van der Waals surface area contributed by atoms with Gasteiger partial charge in [0.15, 0.2) is 0 Å². The molecule has 4 aromatic heterocycles. The predicted molar refractivity (Wildman–Crippen MR) is 339 cm³/mol. The van der Waals surface area contributed by atoms with Gasteiger partial charge in [-0.15, -0.1) is 45.3 Å². The van der Waals surface area contributed by atoms with Gasteiger partial charge in [0, 0.05) is 80.6 Å². The first-order chi connectivity index (χ1) is 39.8. The molecule has 1 N–H and O–H groups in total. The molecule has 16 nitrogen and oxygen atoms in total. The van der Waals surface area contributed by atoms with Gasteiger partial charge in [0.25, 0.3) is 0 Å². The topological polar surface area (TPSA) is 173 Å². The van der Waals surface area contributed by atoms with Crippen molar-refractivity contribution >= 4 is 81.5 Å². The Morgan fingerprint density at radius 1 is 0.383 bits per heavy atom. The molecule has 454 valence electrons. The van der Waals surface area contributed by atoms with E-state index in [-0.39, 0.29) is 6.61 Å². The summed E-state index contributed by atoms with van der Waals surface area (Å²) in [7, 11) is 3.37. The average Bonchev–Trinajstić information content (AvgIpc) is 4.31. The predicted octanol–water partition coefficient (Wildman–Crippen LogP) is 10.9. The van der Waals surface area contributed by atoms with Gasteiger partial charge in [-0.25, -0.2) is 19.9 Å². The molecule has 4 heterocycles. The van der Waals surface area contributed by atoms with Crippen molar-refractivity contribution in [1.82, 2.24) is 19.9 Å². The molecule has 0 aliphatic heterocycles. The summed E-state index contributed by atoms with van der Waals surface area (Å²) >= 11 is 14.4. The SMILES string of the molecule is COc1ccc(CSCCOCCOCCOCCc2scnc2C)cc1.COc1ccc(CSCCOCCOCCOCCc2scnc2C)cc1.Cc1ncsc1CCO.Cc1ncsc1CCOCCOCCOCCS. The molecule has 23 heteroatoms. The second-order valence-electron chi connectivity index (χ2n) is 17.2. The van der Waals surface area contributed by atoms with E-state index in [1.54, 1.807) is 65.1 Å². The Bertz CT molecular complexity index is 2230. The lowest BCUT2D eigenvalue weighted by molar-refractivity contribution is 0.0180. The molecule has 0 amide bonds. The van der Waals surface area contributed by atoms with E-state index in [1.165, 1.54) is 30.6 Å². The lowest BCUT2D eigenvalue weighted by Gasteiger charge is -2.07. The summed E-state index contributed by atoms with van der Waals surface area (Å²) in [6.07, 6.45) is 3.53. The standard InChI is InChI=1S/2C20H29NO4S2.C12H21NO3S2.C6H9NOS/c2*1-17-20(27-16-21-17)7-8-23-9-10-24-11-12-25-13-14-26-15-18-3-5-19(22-2)6-4-18;1-11-12(18-10-13-11)2-3-14-4-5-15-6-7-16-8-9-17;1-5-6(2-3-8)9-4-7-5/h2*3-6,16H,7-15H2,1-2H3;10,17H,2-9H2,1H3;4,8H,2-3H2,1H3. The van der Waals surface area contributed by atoms with E-state index in [0.717, 1.165) is 109 Å². The first kappa shape index (κ1) is 72.5. The number of rotatable bonds is 43. The Hall–Kier alpha value is -2.79. The van der Waals surface area contributed by atoms with Gasteiger partial charge in [0.05, 0.1) is 178 Å². The number of nitrogens with zero attached hydrogens (tertiary/aromatic N) is 4. The summed E-state index contributed by atoms with van der Waals surface area (Å²) < 4.78 is 59.7. The molecule has 0 spiro atoms. The van der Waals surface area contributed by atoms with E-state index in [0.29, 0.717) is 99.1 Å². The minimum Gasteiger partial charge on any atom is -0.497 e. The van der Waals surface area contributed by atoms with Crippen LogP contribution in [0.2, 0.25) is 0 Å². The lowest BCUT2D eigenvalue weighted by Crippen LogP contribution is -2.11. The summed E-state index contributed by atoms with van der Waals surface area (Å²) in [6.45, 7) is 20.0. The van der Waals surface area contributed by atoms with E-state index in [9.17, 15) is 0 Å². The average molecular weight is 1260 g/mol. The van der Waals surface area contributed by atoms with Crippen molar-refractivity contribution in [2.75, 3.05) is 157 Å². The number of methoxy groups -OCH3 is 2. The summed E-state index contributed by atoms with van der Waals surface area (Å²) in [5, 5.41) is 8.54. The third-order valence-corrected chi connectivity index (χ3v) is 17.4. The Balaban J connectivity index is 0.000000300. The molecule has 0 saturated carbocycles. The molecular formula is C58H88N4O12S7. The quantitative estimate of drug-likeness (QED) is 0.0273. The van der Waals surface area contributed by atoms with Crippen LogP contribution >= 0.6 is 81.5 Å². The molecule has 81 heavy (non-hydrogen) atoms. The van der Waals surface area contributed by atoms with Crippen LogP contribution < -0.4 is 9.47 Å². The number of aliphatic hydroxyl groups excluding tert-OH is 1. The fourth-order valence-electron chi connectivity index (χ4n) is 6.61. The highest BCUT2D eigenvalue weighted by atomic mass is 32.2. The van der Waals surface area contributed by atoms with E-state index in [2.05, 4.69) is 56.8 Å². The van der Waals surface area contributed by atoms with Crippen molar-refractivity contribution in [3.05, 3.63) is 124 Å². The van der Waals surface area contributed by atoms with E-state index in [1.807, 2.05) is 92.0 Å². The fraction of sp³-hybridized carbons (Fsp3) is 0.586. The van der Waals surface area contributed by atoms with Gasteiger partial charge < -0.3 is 57.2 Å². The van der Waals surface area contributed by atoms with Gasteiger partial charge in [-0.3, -0.25) is 0 Å². The second kappa shape index (κ2) is 50.5. The number of benzene rings is 2. The molecule has 0 unspecified atom stereocenters. The Labute approximate surface area is 512 Å². The molecular weight excluding hydrogens is 1170 g/mol. The molecule has 6 aromatic rings. The summed E-state index contributed by atoms with van der Waals surface area (Å²) in [6, 6.07) is 16.4. The van der Waals surface area contributed by atoms with Crippen molar-refractivity contribution in [3.63, 3.8) is 0 Å². The zero-order valence-electron chi connectivity index (χ0n) is 48.4. The number of aliphatic hydroxyl groups is 1. The largest absolute Gasteiger partial charge is 0.497 e. The Morgan fingerprint density at radius 3 is 0.914 bits per heavy atom. The third kappa shape index (κ3) is 37.3. The number of aryl methyl sites for hydroxylation is 4. The van der Waals surface area contributed by atoms with Crippen molar-refractivity contribution in [2.45, 2.75) is 64.9 Å². The van der Waals surface area contributed by atoms with Crippen LogP contribution in [0, 0.1) is 27.7 Å². The highest BCUT2D eigenvalue weighted by Crippen LogP contribution is 2.19. The molecule has 0 bridgehead atoms. The van der Waals surface area contributed by atoms with Crippen LogP contribution in [0.25, 0.3) is 0 Å². The third-order valence-electron chi connectivity index (χ3n) is 11.2. The molecule has 0 aliphatic rings. The molecule has 0 atom stereocenters. The monoisotopic (exact) mass is 1260 g/mol. The van der Waals surface area contributed by atoms with Crippen molar-refractivity contribution < 1.29 is 57.2 Å². The van der Waals surface area contributed by atoms with Crippen LogP contribution in [0.4, 0.5) is 0 Å². The minimum absolute atomic E-state index is 0.225. The molecule has 2 aromatic carbocycles. The zero-order chi connectivity index (χ0) is 58.1. The number of hydrogen-bond donors (Lipinski definition) is 2. The summed E-state index contributed by atoms with van der Waals surface area (Å²) in [4.78, 5) is 21.8. The Kier molecular flexibility index (Phi) is 45.2. The van der Waals surface area contributed by atoms with Gasteiger partial charge in [-0.2, -0.15) is 36.2 Å². The summed E-state index contributed by atoms with van der Waals surface area (Å²) in [5.41, 5.74) is 14.4. The van der Waals surface area contributed by atoms with Crippen LogP contribution in [0.1, 0.15) is 53.4 Å². The molecule has 6 rings (SSSR count). The molecule has 0 aliphatic carbocycles. The lowest BCUT2D eigenvalue weighted by atomic mass is 10.2. The van der Waals surface area contributed by atoms with Crippen LogP contribution in [0.15, 0.2) is 70.6 Å². The summed E-state index contributed by atoms with van der Waals surface area (Å²) in [5.74, 6) is 6.47. The number of thioether (sulfide) groups is 2. The molecule has 0 fully saturated rings. The highest BCUT2D eigenvalue weighted by Gasteiger charge is 2.05. The first-order valence-corrected chi connectivity index (χ1v) is 33.6. The maximum absolute atomic E-state index is 8.54. The number of hydrogen-bond acceptors (Lipinski definition) is 23. The normalized spacial score (nSPS) is 10.9. The zero-order valence-corrected chi connectivity index (χ0v) is 54.1. The molecule has 0 radical (unpaired) electrons. The van der Waals surface area contributed by atoms with Gasteiger partial charge in [-0.05, 0) is 63.1 Å². The van der Waals surface area contributed by atoms with E-state index < -0.39 is 0 Å². The second-order valence-corrected chi connectivity index (χ2v) is 23.6. The minimum atomic E-state index is 0.225. The van der Waals surface area contributed by atoms with Gasteiger partial charge in [-0.1, -0.05) is 24.3 Å². The van der Waals surface area contributed by atoms with Crippen LogP contribution in [-0.4, -0.2) is 182 Å². The Morgan fingerprint density at radius 2 is 0.654 bits per heavy atom. The van der Waals surface area contributed by atoms with Crippen molar-refractivity contribution in [3.8, 4) is 11.5 Å². The number of ether oxygens (including phenoxy) is 11. The smallest absolute Gasteiger partial charge is 0.118 e. The first-order valence-electron chi connectivity index (χ1n) is 27.2. The fourth-order valence-corrected chi connectivity index (χ4v) is 11.4. The van der Waals surface area contributed by atoms with E-state index >= 15 is 0 Å². The maximum Gasteiger partial charge on any atom is 0.118 e. The van der Waals surface area contributed by atoms with Gasteiger partial charge in [0.2, 0.25) is 0 Å². The highest BCUT2D eigenvalue weighted by molar-refractivity contribution is 7.98. The van der Waals surface area contributed by atoms with Gasteiger partial charge >= 0.3 is 0 Å². The number of thiol groups is 1. The van der Waals surface area contributed by atoms with Crippen LogP contribution in [0.5, 0.6) is 11.5 Å². The van der Waals surface area contributed by atoms with Gasteiger partial charge in [0.1, 0.15) is 11.5 Å². The number of aromatic nitrogens is 4. The van der Waals surface area contributed by atoms with E-state index in [4.69, 9.17) is 57.2 Å². The van der Waals surface area contributed by atoms with Crippen molar-refractivity contribution in [2.24, 2.45) is 0 Å². The van der Waals surface area contributed by atoms with Crippen LogP contribution in [0.3, 0.4) is 0 Å².